The van der Waals surface area contributed by atoms with Crippen LogP contribution in [0.2, 0.25) is 0 Å². The Kier molecular flexibility index (Phi) is 4.95. The molecule has 0 radical (unpaired) electrons. The van der Waals surface area contributed by atoms with E-state index < -0.39 is 0 Å². The van der Waals surface area contributed by atoms with E-state index in [1.807, 2.05) is 37.3 Å². The lowest BCUT2D eigenvalue weighted by Crippen LogP contribution is -2.27. The maximum atomic E-state index is 12.0. The first kappa shape index (κ1) is 16.3. The molecule has 7 nitrogen and oxygen atoms in total. The Morgan fingerprint density at radius 2 is 2.08 bits per heavy atom. The molecular weight excluding hydrogens is 324 g/mol. The molecule has 0 fully saturated rings. The molecule has 0 aliphatic carbocycles. The predicted octanol–water partition coefficient (Wildman–Crippen LogP) is 1.47. The third kappa shape index (κ3) is 3.83. The summed E-state index contributed by atoms with van der Waals surface area (Å²) in [5.74, 6) is 0.524. The standard InChI is InChI=1S/C16H18N6OS/c1-11-9-13-20-21-16(22(13)15(17)19-11)24-10-14(23)18-8-7-12-5-3-2-4-6-12/h2-6,9H,7-8,10H2,1H3,(H2,17,19)(H,18,23). The number of aryl methyl sites for hydroxylation is 1. The Bertz CT molecular complexity index is 848. The zero-order valence-corrected chi connectivity index (χ0v) is 14.1. The van der Waals surface area contributed by atoms with Gasteiger partial charge in [0.2, 0.25) is 11.9 Å². The highest BCUT2D eigenvalue weighted by Gasteiger charge is 2.12. The largest absolute Gasteiger partial charge is 0.369 e. The highest BCUT2D eigenvalue weighted by Crippen LogP contribution is 2.19. The summed E-state index contributed by atoms with van der Waals surface area (Å²) in [5, 5.41) is 11.6. The minimum absolute atomic E-state index is 0.0497. The second kappa shape index (κ2) is 7.31. The van der Waals surface area contributed by atoms with Gasteiger partial charge < -0.3 is 11.1 Å². The third-order valence-electron chi connectivity index (χ3n) is 3.43. The van der Waals surface area contributed by atoms with Crippen LogP contribution in [0.25, 0.3) is 5.65 Å². The first-order valence-corrected chi connectivity index (χ1v) is 8.54. The molecular formula is C16H18N6OS. The molecule has 124 valence electrons. The van der Waals surface area contributed by atoms with Crippen molar-refractivity contribution in [2.45, 2.75) is 18.5 Å². The van der Waals surface area contributed by atoms with Gasteiger partial charge in [-0.3, -0.25) is 4.79 Å². The number of hydrogen-bond donors (Lipinski definition) is 2. The first-order chi connectivity index (χ1) is 11.6. The molecule has 0 saturated carbocycles. The molecule has 2 aromatic heterocycles. The van der Waals surface area contributed by atoms with Crippen LogP contribution in [0.15, 0.2) is 41.6 Å². The maximum Gasteiger partial charge on any atom is 0.230 e. The normalized spacial score (nSPS) is 10.9. The van der Waals surface area contributed by atoms with Crippen molar-refractivity contribution in [3.63, 3.8) is 0 Å². The first-order valence-electron chi connectivity index (χ1n) is 7.55. The van der Waals surface area contributed by atoms with Crippen LogP contribution in [0.4, 0.5) is 5.95 Å². The number of fused-ring (bicyclic) bond motifs is 1. The lowest BCUT2D eigenvalue weighted by Gasteiger charge is -2.05. The van der Waals surface area contributed by atoms with Gasteiger partial charge in [0.25, 0.3) is 0 Å². The summed E-state index contributed by atoms with van der Waals surface area (Å²) < 4.78 is 1.65. The number of carbonyl (C=O) groups excluding carboxylic acids is 1. The molecule has 0 unspecified atom stereocenters. The van der Waals surface area contributed by atoms with Crippen molar-refractivity contribution in [1.82, 2.24) is 24.9 Å². The Morgan fingerprint density at radius 3 is 2.88 bits per heavy atom. The number of carbonyl (C=O) groups is 1. The molecule has 3 N–H and O–H groups in total. The second-order valence-electron chi connectivity index (χ2n) is 5.31. The second-order valence-corrected chi connectivity index (χ2v) is 6.25. The summed E-state index contributed by atoms with van der Waals surface area (Å²) in [6, 6.07) is 11.8. The summed E-state index contributed by atoms with van der Waals surface area (Å²) in [5.41, 5.74) is 8.52. The van der Waals surface area contributed by atoms with E-state index in [2.05, 4.69) is 20.5 Å². The number of amides is 1. The Balaban J connectivity index is 1.53. The fourth-order valence-electron chi connectivity index (χ4n) is 2.31. The van der Waals surface area contributed by atoms with Gasteiger partial charge in [0.15, 0.2) is 10.8 Å². The lowest BCUT2D eigenvalue weighted by molar-refractivity contribution is -0.118. The van der Waals surface area contributed by atoms with E-state index in [0.717, 1.165) is 12.1 Å². The summed E-state index contributed by atoms with van der Waals surface area (Å²) in [6.07, 6.45) is 0.807. The summed E-state index contributed by atoms with van der Waals surface area (Å²) in [4.78, 5) is 16.2. The molecule has 8 heteroatoms. The molecule has 0 bridgehead atoms. The van der Waals surface area contributed by atoms with Gasteiger partial charge >= 0.3 is 0 Å². The van der Waals surface area contributed by atoms with Crippen molar-refractivity contribution < 1.29 is 4.79 Å². The van der Waals surface area contributed by atoms with Crippen LogP contribution in [0, 0.1) is 6.92 Å². The minimum Gasteiger partial charge on any atom is -0.369 e. The number of nitrogens with two attached hydrogens (primary N) is 1. The predicted molar refractivity (Wildman–Crippen MR) is 93.8 cm³/mol. The fourth-order valence-corrected chi connectivity index (χ4v) is 3.08. The van der Waals surface area contributed by atoms with Crippen molar-refractivity contribution >= 4 is 29.3 Å². The van der Waals surface area contributed by atoms with E-state index in [1.165, 1.54) is 17.3 Å². The highest BCUT2D eigenvalue weighted by molar-refractivity contribution is 7.99. The molecule has 1 aromatic carbocycles. The van der Waals surface area contributed by atoms with Gasteiger partial charge in [0.1, 0.15) is 0 Å². The third-order valence-corrected chi connectivity index (χ3v) is 4.36. The van der Waals surface area contributed by atoms with E-state index in [-0.39, 0.29) is 11.7 Å². The van der Waals surface area contributed by atoms with Crippen LogP contribution in [0.3, 0.4) is 0 Å². The Labute approximate surface area is 143 Å². The summed E-state index contributed by atoms with van der Waals surface area (Å²) in [7, 11) is 0. The number of nitrogens with one attached hydrogen (secondary N) is 1. The number of nitrogens with zero attached hydrogens (tertiary/aromatic N) is 4. The van der Waals surface area contributed by atoms with Crippen molar-refractivity contribution in [2.75, 3.05) is 18.0 Å². The molecule has 0 aliphatic heterocycles. The van der Waals surface area contributed by atoms with E-state index in [1.54, 1.807) is 10.5 Å². The zero-order chi connectivity index (χ0) is 16.9. The number of thioether (sulfide) groups is 1. The van der Waals surface area contributed by atoms with Gasteiger partial charge in [-0.25, -0.2) is 9.38 Å². The summed E-state index contributed by atoms with van der Waals surface area (Å²) >= 11 is 1.29. The molecule has 0 saturated heterocycles. The van der Waals surface area contributed by atoms with Gasteiger partial charge in [0.05, 0.1) is 5.75 Å². The van der Waals surface area contributed by atoms with Gasteiger partial charge in [-0.05, 0) is 18.9 Å². The Hall–Kier alpha value is -2.61. The number of anilines is 1. The molecule has 0 spiro atoms. The number of aromatic nitrogens is 4. The molecule has 0 aliphatic rings. The summed E-state index contributed by atoms with van der Waals surface area (Å²) in [6.45, 7) is 2.45. The number of benzene rings is 1. The average Bonchev–Trinajstić information content (AvgIpc) is 2.97. The van der Waals surface area contributed by atoms with Gasteiger partial charge in [-0.2, -0.15) is 0 Å². The van der Waals surface area contributed by atoms with Crippen molar-refractivity contribution in [3.8, 4) is 0 Å². The van der Waals surface area contributed by atoms with E-state index >= 15 is 0 Å². The van der Waals surface area contributed by atoms with E-state index in [9.17, 15) is 4.79 Å². The topological polar surface area (TPSA) is 98.2 Å². The molecule has 3 aromatic rings. The quantitative estimate of drug-likeness (QED) is 0.658. The van der Waals surface area contributed by atoms with Crippen LogP contribution >= 0.6 is 11.8 Å². The SMILES string of the molecule is Cc1cc2nnc(SCC(=O)NCCc3ccccc3)n2c(N)n1. The van der Waals surface area contributed by atoms with Crippen molar-refractivity contribution in [1.29, 1.82) is 0 Å². The van der Waals surface area contributed by atoms with E-state index in [0.29, 0.717) is 23.3 Å². The zero-order valence-electron chi connectivity index (χ0n) is 13.3. The fraction of sp³-hybridized carbons (Fsp3) is 0.250. The number of rotatable bonds is 6. The van der Waals surface area contributed by atoms with Crippen molar-refractivity contribution in [3.05, 3.63) is 47.7 Å². The van der Waals surface area contributed by atoms with Gasteiger partial charge in [0, 0.05) is 18.3 Å². The molecule has 2 heterocycles. The lowest BCUT2D eigenvalue weighted by atomic mass is 10.1. The molecule has 24 heavy (non-hydrogen) atoms. The van der Waals surface area contributed by atoms with Crippen LogP contribution < -0.4 is 11.1 Å². The minimum atomic E-state index is -0.0497. The van der Waals surface area contributed by atoms with E-state index in [4.69, 9.17) is 5.73 Å². The van der Waals surface area contributed by atoms with Gasteiger partial charge in [-0.1, -0.05) is 42.1 Å². The van der Waals surface area contributed by atoms with Crippen molar-refractivity contribution in [2.24, 2.45) is 0 Å². The molecule has 3 rings (SSSR count). The number of nitrogen functional groups attached to an aromatic ring is 1. The maximum absolute atomic E-state index is 12.0. The van der Waals surface area contributed by atoms with Crippen LogP contribution in [0.5, 0.6) is 0 Å². The van der Waals surface area contributed by atoms with Crippen LogP contribution in [-0.4, -0.2) is 37.8 Å². The van der Waals surface area contributed by atoms with Gasteiger partial charge in [-0.15, -0.1) is 10.2 Å². The van der Waals surface area contributed by atoms with Crippen LogP contribution in [-0.2, 0) is 11.2 Å². The Morgan fingerprint density at radius 1 is 1.29 bits per heavy atom. The average molecular weight is 342 g/mol. The van der Waals surface area contributed by atoms with Crippen LogP contribution in [0.1, 0.15) is 11.3 Å². The smallest absolute Gasteiger partial charge is 0.230 e. The monoisotopic (exact) mass is 342 g/mol. The highest BCUT2D eigenvalue weighted by atomic mass is 32.2. The number of hydrogen-bond acceptors (Lipinski definition) is 6. The molecule has 0 atom stereocenters. The molecule has 1 amide bonds.